The van der Waals surface area contributed by atoms with Gasteiger partial charge in [0.1, 0.15) is 6.23 Å². The highest BCUT2D eigenvalue weighted by molar-refractivity contribution is 14.1. The minimum Gasteiger partial charge on any atom is -0.390 e. The largest absolute Gasteiger partial charge is 0.390 e. The minimum atomic E-state index is -0.614. The van der Waals surface area contributed by atoms with Gasteiger partial charge >= 0.3 is 5.69 Å². The van der Waals surface area contributed by atoms with Crippen LogP contribution in [0.1, 0.15) is 18.2 Å². The fourth-order valence-electron chi connectivity index (χ4n) is 1.92. The number of hydrogen-bond acceptors (Lipinski definition) is 4. The van der Waals surface area contributed by atoms with Crippen molar-refractivity contribution >= 4 is 43.0 Å². The fourth-order valence-corrected chi connectivity index (χ4v) is 2.99. The predicted octanol–water partition coefficient (Wildman–Crippen LogP) is 0.986. The SMILES string of the molecule is C=C(Br)c1cn([C@H]2C[C@H](O)[C@@H](CI)O2)c(=O)[nH]c1=O. The van der Waals surface area contributed by atoms with E-state index in [0.717, 1.165) is 0 Å². The lowest BCUT2D eigenvalue weighted by atomic mass is 10.2. The lowest BCUT2D eigenvalue weighted by Gasteiger charge is -2.15. The van der Waals surface area contributed by atoms with E-state index in [1.54, 1.807) is 0 Å². The minimum absolute atomic E-state index is 0.260. The molecule has 1 aliphatic rings. The van der Waals surface area contributed by atoms with Crippen LogP contribution in [-0.2, 0) is 4.74 Å². The molecule has 0 amide bonds. The molecule has 2 heterocycles. The van der Waals surface area contributed by atoms with Crippen LogP contribution >= 0.6 is 38.5 Å². The van der Waals surface area contributed by atoms with Gasteiger partial charge in [0.2, 0.25) is 0 Å². The Hall–Kier alpha value is -0.450. The molecule has 2 rings (SSSR count). The van der Waals surface area contributed by atoms with Crippen molar-refractivity contribution in [1.82, 2.24) is 9.55 Å². The summed E-state index contributed by atoms with van der Waals surface area (Å²) in [5, 5.41) is 9.80. The highest BCUT2D eigenvalue weighted by Gasteiger charge is 2.34. The molecule has 1 fully saturated rings. The Balaban J connectivity index is 2.41. The van der Waals surface area contributed by atoms with Gasteiger partial charge in [-0.2, -0.15) is 0 Å². The highest BCUT2D eigenvalue weighted by atomic mass is 127. The number of halogens is 2. The lowest BCUT2D eigenvalue weighted by Crippen LogP contribution is -2.33. The van der Waals surface area contributed by atoms with Crippen LogP contribution < -0.4 is 11.2 Å². The standard InChI is InChI=1S/C11H12BrIN2O4/c1-5(12)6-4-15(11(18)14-10(6)17)9-2-7(16)8(3-13)19-9/h4,7-9,16H,1-3H2,(H,14,17,18)/t7-,8+,9+/m0/s1. The van der Waals surface area contributed by atoms with Crippen molar-refractivity contribution in [3.63, 3.8) is 0 Å². The number of hydrogen-bond donors (Lipinski definition) is 2. The van der Waals surface area contributed by atoms with E-state index in [1.807, 2.05) is 0 Å². The lowest BCUT2D eigenvalue weighted by molar-refractivity contribution is -0.00612. The van der Waals surface area contributed by atoms with Crippen LogP contribution in [0.4, 0.5) is 0 Å². The number of aliphatic hydroxyl groups excluding tert-OH is 1. The number of ether oxygens (including phenoxy) is 1. The van der Waals surface area contributed by atoms with Crippen LogP contribution in [-0.4, -0.2) is 31.3 Å². The molecule has 1 aromatic heterocycles. The first-order valence-corrected chi connectivity index (χ1v) is 7.85. The Bertz CT molecular complexity index is 611. The van der Waals surface area contributed by atoms with Crippen molar-refractivity contribution in [2.45, 2.75) is 24.9 Å². The van der Waals surface area contributed by atoms with Gasteiger partial charge in [-0.1, -0.05) is 45.1 Å². The van der Waals surface area contributed by atoms with Gasteiger partial charge < -0.3 is 9.84 Å². The molecule has 0 radical (unpaired) electrons. The summed E-state index contributed by atoms with van der Waals surface area (Å²) >= 11 is 5.23. The summed E-state index contributed by atoms with van der Waals surface area (Å²) in [7, 11) is 0. The highest BCUT2D eigenvalue weighted by Crippen LogP contribution is 2.29. The number of alkyl halides is 1. The Labute approximate surface area is 130 Å². The molecule has 0 spiro atoms. The molecule has 0 aliphatic carbocycles. The molecule has 0 unspecified atom stereocenters. The molecule has 0 bridgehead atoms. The zero-order valence-corrected chi connectivity index (χ0v) is 13.5. The molecule has 1 aliphatic heterocycles. The second-order valence-corrected chi connectivity index (χ2v) is 6.04. The van der Waals surface area contributed by atoms with Gasteiger partial charge in [0.05, 0.1) is 17.8 Å². The van der Waals surface area contributed by atoms with Crippen LogP contribution in [0, 0.1) is 0 Å². The summed E-state index contributed by atoms with van der Waals surface area (Å²) < 4.78 is 7.89. The predicted molar refractivity (Wildman–Crippen MR) is 82.7 cm³/mol. The molecule has 3 atom stereocenters. The van der Waals surface area contributed by atoms with Crippen LogP contribution in [0.25, 0.3) is 4.48 Å². The van der Waals surface area contributed by atoms with Gasteiger partial charge in [-0.15, -0.1) is 0 Å². The number of aliphatic hydroxyl groups is 1. The molecule has 0 aromatic carbocycles. The Kier molecular flexibility index (Phi) is 4.64. The summed E-state index contributed by atoms with van der Waals surface area (Å²) in [5.41, 5.74) is -0.809. The monoisotopic (exact) mass is 442 g/mol. The maximum atomic E-state index is 11.8. The topological polar surface area (TPSA) is 84.3 Å². The number of nitrogens with one attached hydrogen (secondary N) is 1. The number of H-pyrrole nitrogens is 1. The van der Waals surface area contributed by atoms with Crippen molar-refractivity contribution in [2.24, 2.45) is 0 Å². The summed E-state index contributed by atoms with van der Waals surface area (Å²) in [4.78, 5) is 25.6. The Morgan fingerprint density at radius 1 is 1.68 bits per heavy atom. The summed E-state index contributed by atoms with van der Waals surface area (Å²) in [6.07, 6.45) is 0.208. The maximum absolute atomic E-state index is 11.8. The van der Waals surface area contributed by atoms with Crippen molar-refractivity contribution < 1.29 is 9.84 Å². The van der Waals surface area contributed by atoms with Crippen LogP contribution in [0.2, 0.25) is 0 Å². The van der Waals surface area contributed by atoms with Gasteiger partial charge in [0.25, 0.3) is 5.56 Å². The molecule has 8 heteroatoms. The van der Waals surface area contributed by atoms with Crippen LogP contribution in [0.5, 0.6) is 0 Å². The van der Waals surface area contributed by atoms with Gasteiger partial charge in [0.15, 0.2) is 0 Å². The summed E-state index contributed by atoms with van der Waals surface area (Å²) in [5.74, 6) is 0. The van der Waals surface area contributed by atoms with E-state index in [4.69, 9.17) is 4.74 Å². The van der Waals surface area contributed by atoms with Crippen molar-refractivity contribution in [2.75, 3.05) is 4.43 Å². The molecule has 0 saturated carbocycles. The Morgan fingerprint density at radius 3 is 2.89 bits per heavy atom. The smallest absolute Gasteiger partial charge is 0.330 e. The van der Waals surface area contributed by atoms with E-state index < -0.39 is 23.6 Å². The van der Waals surface area contributed by atoms with E-state index in [-0.39, 0.29) is 11.7 Å². The molecule has 19 heavy (non-hydrogen) atoms. The number of aromatic amines is 1. The normalized spacial score (nSPS) is 26.6. The average molecular weight is 443 g/mol. The maximum Gasteiger partial charge on any atom is 0.330 e. The zero-order valence-electron chi connectivity index (χ0n) is 9.81. The van der Waals surface area contributed by atoms with Crippen molar-refractivity contribution in [3.05, 3.63) is 39.2 Å². The van der Waals surface area contributed by atoms with Gasteiger partial charge in [-0.05, 0) is 0 Å². The molecule has 1 aromatic rings. The van der Waals surface area contributed by atoms with Gasteiger partial charge in [0, 0.05) is 21.5 Å². The molecule has 2 N–H and O–H groups in total. The van der Waals surface area contributed by atoms with Crippen molar-refractivity contribution in [3.8, 4) is 0 Å². The first-order chi connectivity index (χ1) is 8.93. The van der Waals surface area contributed by atoms with E-state index in [2.05, 4.69) is 50.1 Å². The number of aromatic nitrogens is 2. The number of rotatable bonds is 3. The third-order valence-corrected chi connectivity index (χ3v) is 4.22. The summed E-state index contributed by atoms with van der Waals surface area (Å²) in [6, 6.07) is 0. The molecule has 6 nitrogen and oxygen atoms in total. The molecule has 104 valence electrons. The zero-order chi connectivity index (χ0) is 14.2. The first-order valence-electron chi connectivity index (χ1n) is 5.53. The van der Waals surface area contributed by atoms with Crippen LogP contribution in [0.3, 0.4) is 0 Å². The molecular formula is C11H12BrIN2O4. The Morgan fingerprint density at radius 2 is 2.37 bits per heavy atom. The third-order valence-electron chi connectivity index (χ3n) is 2.93. The quantitative estimate of drug-likeness (QED) is 0.540. The number of nitrogens with zero attached hydrogens (tertiary/aromatic N) is 1. The second-order valence-electron chi connectivity index (χ2n) is 4.20. The van der Waals surface area contributed by atoms with Crippen LogP contribution in [0.15, 0.2) is 22.4 Å². The second kappa shape index (κ2) is 5.90. The van der Waals surface area contributed by atoms with E-state index in [1.165, 1.54) is 10.8 Å². The average Bonchev–Trinajstić information content (AvgIpc) is 2.69. The molecular weight excluding hydrogens is 431 g/mol. The third kappa shape index (κ3) is 3.01. The fraction of sp³-hybridized carbons (Fsp3) is 0.455. The molecule has 1 saturated heterocycles. The summed E-state index contributed by atoms with van der Waals surface area (Å²) in [6.45, 7) is 3.62. The first kappa shape index (κ1) is 14.9. The van der Waals surface area contributed by atoms with Gasteiger partial charge in [-0.25, -0.2) is 4.79 Å². The van der Waals surface area contributed by atoms with E-state index in [0.29, 0.717) is 15.3 Å². The van der Waals surface area contributed by atoms with Crippen molar-refractivity contribution in [1.29, 1.82) is 0 Å². The van der Waals surface area contributed by atoms with E-state index in [9.17, 15) is 14.7 Å². The van der Waals surface area contributed by atoms with Gasteiger partial charge in [-0.3, -0.25) is 14.3 Å². The van der Waals surface area contributed by atoms with E-state index >= 15 is 0 Å².